The Balaban J connectivity index is 1.51. The maximum absolute atomic E-state index is 13.0. The van der Waals surface area contributed by atoms with E-state index in [4.69, 9.17) is 4.74 Å². The van der Waals surface area contributed by atoms with Crippen molar-refractivity contribution in [3.05, 3.63) is 24.3 Å². The molecule has 1 N–H and O–H groups in total. The molecule has 3 heteroatoms. The number of hydrogen-bond acceptors (Lipinski definition) is 2. The fraction of sp³-hybridized carbons (Fsp3) is 0.632. The zero-order valence-electron chi connectivity index (χ0n) is 13.3. The smallest absolute Gasteiger partial charge is 0.230 e. The van der Waals surface area contributed by atoms with Gasteiger partial charge in [0.05, 0.1) is 12.0 Å². The van der Waals surface area contributed by atoms with Gasteiger partial charge in [-0.15, -0.1) is 0 Å². The summed E-state index contributed by atoms with van der Waals surface area (Å²) in [5, 5.41) is 3.18. The van der Waals surface area contributed by atoms with Gasteiger partial charge in [0.15, 0.2) is 0 Å². The van der Waals surface area contributed by atoms with Crippen molar-refractivity contribution in [1.29, 1.82) is 0 Å². The van der Waals surface area contributed by atoms with E-state index in [9.17, 15) is 4.79 Å². The Morgan fingerprint density at radius 3 is 2.41 bits per heavy atom. The lowest BCUT2D eigenvalue weighted by Crippen LogP contribution is -2.51. The highest BCUT2D eigenvalue weighted by molar-refractivity contribution is 5.95. The SMILES string of the molecule is CCOc1cccc(NC(=O)C23CC4CC(CC(C4)C2)C3)c1. The minimum Gasteiger partial charge on any atom is -0.494 e. The molecule has 118 valence electrons. The van der Waals surface area contributed by atoms with Crippen LogP contribution >= 0.6 is 0 Å². The van der Waals surface area contributed by atoms with Gasteiger partial charge in [0, 0.05) is 11.8 Å². The molecule has 4 saturated carbocycles. The Labute approximate surface area is 132 Å². The fourth-order valence-corrected chi connectivity index (χ4v) is 5.48. The Morgan fingerprint density at radius 1 is 1.18 bits per heavy atom. The number of ether oxygens (including phenoxy) is 1. The normalized spacial score (nSPS) is 35.4. The average Bonchev–Trinajstić information content (AvgIpc) is 2.46. The summed E-state index contributed by atoms with van der Waals surface area (Å²) in [6.07, 6.45) is 7.42. The second-order valence-corrected chi connectivity index (χ2v) is 7.61. The zero-order valence-corrected chi connectivity index (χ0v) is 13.3. The van der Waals surface area contributed by atoms with Crippen LogP contribution in [0.15, 0.2) is 24.3 Å². The van der Waals surface area contributed by atoms with Gasteiger partial charge in [0.2, 0.25) is 5.91 Å². The van der Waals surface area contributed by atoms with Crippen molar-refractivity contribution in [1.82, 2.24) is 0 Å². The molecule has 0 spiro atoms. The molecule has 0 atom stereocenters. The molecule has 0 radical (unpaired) electrons. The first-order chi connectivity index (χ1) is 10.7. The molecular weight excluding hydrogens is 274 g/mol. The van der Waals surface area contributed by atoms with E-state index in [1.807, 2.05) is 31.2 Å². The third kappa shape index (κ3) is 2.41. The first kappa shape index (κ1) is 14.1. The molecule has 4 fully saturated rings. The minimum atomic E-state index is -0.0869. The van der Waals surface area contributed by atoms with Gasteiger partial charge >= 0.3 is 0 Å². The lowest BCUT2D eigenvalue weighted by Gasteiger charge is -2.55. The monoisotopic (exact) mass is 299 g/mol. The standard InChI is InChI=1S/C19H25NO2/c1-2-22-17-5-3-4-16(9-17)20-18(21)19-10-13-6-14(11-19)8-15(7-13)12-19/h3-5,9,13-15H,2,6-8,10-12H2,1H3,(H,20,21). The van der Waals surface area contributed by atoms with E-state index in [2.05, 4.69) is 5.32 Å². The third-order valence-corrected chi connectivity index (χ3v) is 5.92. The van der Waals surface area contributed by atoms with E-state index >= 15 is 0 Å². The van der Waals surface area contributed by atoms with E-state index in [0.29, 0.717) is 6.61 Å². The zero-order chi connectivity index (χ0) is 15.2. The molecule has 0 saturated heterocycles. The Morgan fingerprint density at radius 2 is 1.82 bits per heavy atom. The second kappa shape index (κ2) is 5.29. The molecule has 1 aromatic rings. The molecule has 0 aromatic heterocycles. The van der Waals surface area contributed by atoms with Gasteiger partial charge in [0.1, 0.15) is 5.75 Å². The lowest BCUT2D eigenvalue weighted by atomic mass is 9.49. The highest BCUT2D eigenvalue weighted by atomic mass is 16.5. The highest BCUT2D eigenvalue weighted by Crippen LogP contribution is 2.60. The summed E-state index contributed by atoms with van der Waals surface area (Å²) in [7, 11) is 0. The summed E-state index contributed by atoms with van der Waals surface area (Å²) in [5.74, 6) is 3.47. The molecule has 22 heavy (non-hydrogen) atoms. The fourth-order valence-electron chi connectivity index (χ4n) is 5.48. The number of anilines is 1. The number of carbonyl (C=O) groups excluding carboxylic acids is 1. The molecule has 0 aliphatic heterocycles. The van der Waals surface area contributed by atoms with Crippen molar-refractivity contribution in [2.75, 3.05) is 11.9 Å². The summed E-state index contributed by atoms with van der Waals surface area (Å²) in [4.78, 5) is 13.0. The molecule has 1 amide bonds. The van der Waals surface area contributed by atoms with Crippen molar-refractivity contribution >= 4 is 11.6 Å². The van der Waals surface area contributed by atoms with Crippen LogP contribution < -0.4 is 10.1 Å². The quantitative estimate of drug-likeness (QED) is 0.903. The third-order valence-electron chi connectivity index (χ3n) is 5.92. The van der Waals surface area contributed by atoms with Gasteiger partial charge in [-0.1, -0.05) is 6.07 Å². The van der Waals surface area contributed by atoms with Crippen molar-refractivity contribution in [2.45, 2.75) is 45.4 Å². The molecule has 4 aliphatic carbocycles. The topological polar surface area (TPSA) is 38.3 Å². The number of benzene rings is 1. The summed E-state index contributed by atoms with van der Waals surface area (Å²) < 4.78 is 5.53. The first-order valence-corrected chi connectivity index (χ1v) is 8.71. The van der Waals surface area contributed by atoms with Crippen LogP contribution in [0.3, 0.4) is 0 Å². The lowest BCUT2D eigenvalue weighted by molar-refractivity contribution is -0.140. The van der Waals surface area contributed by atoms with Gasteiger partial charge < -0.3 is 10.1 Å². The van der Waals surface area contributed by atoms with E-state index in [-0.39, 0.29) is 11.3 Å². The molecule has 3 nitrogen and oxygen atoms in total. The average molecular weight is 299 g/mol. The Bertz CT molecular complexity index is 545. The van der Waals surface area contributed by atoms with Crippen molar-refractivity contribution in [2.24, 2.45) is 23.2 Å². The molecule has 5 rings (SSSR count). The summed E-state index contributed by atoms with van der Waals surface area (Å²) in [6, 6.07) is 7.77. The Kier molecular flexibility index (Phi) is 3.39. The van der Waals surface area contributed by atoms with Crippen molar-refractivity contribution in [3.63, 3.8) is 0 Å². The van der Waals surface area contributed by atoms with E-state index in [1.165, 1.54) is 19.3 Å². The molecule has 4 aliphatic rings. The molecule has 4 bridgehead atoms. The van der Waals surface area contributed by atoms with Crippen LogP contribution in [0.5, 0.6) is 5.75 Å². The van der Waals surface area contributed by atoms with Crippen LogP contribution in [0.1, 0.15) is 45.4 Å². The Hall–Kier alpha value is -1.51. The largest absolute Gasteiger partial charge is 0.494 e. The number of nitrogens with one attached hydrogen (secondary N) is 1. The number of amides is 1. The summed E-state index contributed by atoms with van der Waals surface area (Å²) >= 11 is 0. The molecular formula is C19H25NO2. The predicted octanol–water partition coefficient (Wildman–Crippen LogP) is 4.24. The second-order valence-electron chi connectivity index (χ2n) is 7.61. The van der Waals surface area contributed by atoms with Crippen LogP contribution in [0.25, 0.3) is 0 Å². The van der Waals surface area contributed by atoms with Gasteiger partial charge in [0.25, 0.3) is 0 Å². The maximum atomic E-state index is 13.0. The van der Waals surface area contributed by atoms with Crippen LogP contribution in [0, 0.1) is 23.2 Å². The number of rotatable bonds is 4. The molecule has 0 heterocycles. The summed E-state index contributed by atoms with van der Waals surface area (Å²) in [5.41, 5.74) is 0.780. The first-order valence-electron chi connectivity index (χ1n) is 8.71. The van der Waals surface area contributed by atoms with E-state index < -0.39 is 0 Å². The van der Waals surface area contributed by atoms with Crippen LogP contribution in [-0.4, -0.2) is 12.5 Å². The number of hydrogen-bond donors (Lipinski definition) is 1. The van der Waals surface area contributed by atoms with Gasteiger partial charge in [-0.25, -0.2) is 0 Å². The number of carbonyl (C=O) groups is 1. The minimum absolute atomic E-state index is 0.0869. The summed E-state index contributed by atoms with van der Waals surface area (Å²) in [6.45, 7) is 2.62. The van der Waals surface area contributed by atoms with Gasteiger partial charge in [-0.3, -0.25) is 4.79 Å². The van der Waals surface area contributed by atoms with E-state index in [0.717, 1.165) is 48.5 Å². The van der Waals surface area contributed by atoms with Gasteiger partial charge in [-0.2, -0.15) is 0 Å². The molecule has 1 aromatic carbocycles. The molecule has 0 unspecified atom stereocenters. The van der Waals surface area contributed by atoms with Crippen LogP contribution in [0.4, 0.5) is 5.69 Å². The van der Waals surface area contributed by atoms with Crippen LogP contribution in [0.2, 0.25) is 0 Å². The maximum Gasteiger partial charge on any atom is 0.230 e. The van der Waals surface area contributed by atoms with E-state index in [1.54, 1.807) is 0 Å². The van der Waals surface area contributed by atoms with Crippen molar-refractivity contribution in [3.8, 4) is 5.75 Å². The predicted molar refractivity (Wildman–Crippen MR) is 86.8 cm³/mol. The van der Waals surface area contributed by atoms with Crippen LogP contribution in [-0.2, 0) is 4.79 Å². The highest BCUT2D eigenvalue weighted by Gasteiger charge is 2.54. The van der Waals surface area contributed by atoms with Gasteiger partial charge in [-0.05, 0) is 75.3 Å². The van der Waals surface area contributed by atoms with Crippen molar-refractivity contribution < 1.29 is 9.53 Å².